The maximum absolute atomic E-state index is 10.2. The number of allylic oxidation sites excluding steroid dienone is 1. The molecular formula is C31H32N2O4. The average molecular weight is 497 g/mol. The SMILES string of the molecule is CC1=C(c2cc(O)ccc2C#N)C(c2ccc(OCC(C)N3CCC(C)C3)cc2)Oc2ccc(O)cc21. The van der Waals surface area contributed by atoms with E-state index < -0.39 is 6.10 Å². The van der Waals surface area contributed by atoms with Gasteiger partial charge in [0, 0.05) is 29.3 Å². The number of likely N-dealkylation sites (tertiary alicyclic amines) is 1. The number of nitrogens with zero attached hydrogens (tertiary/aromatic N) is 2. The molecule has 2 aliphatic heterocycles. The number of benzene rings is 3. The Balaban J connectivity index is 1.46. The van der Waals surface area contributed by atoms with Gasteiger partial charge in [-0.25, -0.2) is 0 Å². The number of fused-ring (bicyclic) bond motifs is 1. The summed E-state index contributed by atoms with van der Waals surface area (Å²) in [6.07, 6.45) is 0.732. The fourth-order valence-electron chi connectivity index (χ4n) is 5.30. The van der Waals surface area contributed by atoms with E-state index in [4.69, 9.17) is 9.47 Å². The molecule has 3 atom stereocenters. The molecule has 0 amide bonds. The number of hydrogen-bond acceptors (Lipinski definition) is 6. The predicted molar refractivity (Wildman–Crippen MR) is 144 cm³/mol. The highest BCUT2D eigenvalue weighted by Gasteiger charge is 2.31. The van der Waals surface area contributed by atoms with Crippen molar-refractivity contribution in [2.24, 2.45) is 5.92 Å². The maximum atomic E-state index is 10.2. The standard InChI is InChI=1S/C31H32N2O4/c1-19-12-13-33(17-19)20(2)18-36-26-9-5-22(6-10-26)31-30(28-15-24(34)7-4-23(28)16-32)21(3)27-14-25(35)8-11-29(27)37-31/h4-11,14-15,19-20,31,34-35H,12-13,17-18H2,1-3H3. The molecule has 0 bridgehead atoms. The molecule has 6 nitrogen and oxygen atoms in total. The molecule has 3 aromatic rings. The van der Waals surface area contributed by atoms with E-state index in [0.717, 1.165) is 47.0 Å². The van der Waals surface area contributed by atoms with Crippen molar-refractivity contribution >= 4 is 11.1 Å². The van der Waals surface area contributed by atoms with Crippen molar-refractivity contribution in [2.45, 2.75) is 39.3 Å². The van der Waals surface area contributed by atoms with Gasteiger partial charge in [0.2, 0.25) is 0 Å². The monoisotopic (exact) mass is 496 g/mol. The lowest BCUT2D eigenvalue weighted by Gasteiger charge is -2.31. The molecule has 2 aliphatic rings. The number of rotatable bonds is 6. The van der Waals surface area contributed by atoms with Gasteiger partial charge in [0.05, 0.1) is 11.6 Å². The lowest BCUT2D eigenvalue weighted by atomic mass is 9.84. The molecule has 0 spiro atoms. The highest BCUT2D eigenvalue weighted by Crippen LogP contribution is 2.48. The fraction of sp³-hybridized carbons (Fsp3) is 0.323. The lowest BCUT2D eigenvalue weighted by Crippen LogP contribution is -2.35. The van der Waals surface area contributed by atoms with Crippen molar-refractivity contribution in [2.75, 3.05) is 19.7 Å². The van der Waals surface area contributed by atoms with Gasteiger partial charge in [-0.1, -0.05) is 19.1 Å². The molecule has 3 aromatic carbocycles. The summed E-state index contributed by atoms with van der Waals surface area (Å²) >= 11 is 0. The summed E-state index contributed by atoms with van der Waals surface area (Å²) in [5.41, 5.74) is 4.34. The van der Waals surface area contributed by atoms with Crippen LogP contribution >= 0.6 is 0 Å². The number of phenolic OH excluding ortho intramolecular Hbond substituents is 2. The average Bonchev–Trinajstić information content (AvgIpc) is 3.34. The molecule has 0 saturated carbocycles. The fourth-order valence-corrected chi connectivity index (χ4v) is 5.30. The summed E-state index contributed by atoms with van der Waals surface area (Å²) in [7, 11) is 0. The first-order valence-corrected chi connectivity index (χ1v) is 12.7. The zero-order valence-electron chi connectivity index (χ0n) is 21.4. The zero-order valence-corrected chi connectivity index (χ0v) is 21.4. The van der Waals surface area contributed by atoms with Crippen LogP contribution in [-0.4, -0.2) is 40.9 Å². The molecule has 3 unspecified atom stereocenters. The van der Waals surface area contributed by atoms with Crippen LogP contribution in [-0.2, 0) is 0 Å². The minimum Gasteiger partial charge on any atom is -0.508 e. The van der Waals surface area contributed by atoms with Crippen LogP contribution < -0.4 is 9.47 Å². The maximum Gasteiger partial charge on any atom is 0.150 e. The first kappa shape index (κ1) is 24.7. The van der Waals surface area contributed by atoms with Crippen LogP contribution in [0.25, 0.3) is 11.1 Å². The van der Waals surface area contributed by atoms with Crippen LogP contribution in [0.3, 0.4) is 0 Å². The van der Waals surface area contributed by atoms with E-state index in [2.05, 4.69) is 24.8 Å². The summed E-state index contributed by atoms with van der Waals surface area (Å²) in [5.74, 6) is 2.39. The third-order valence-electron chi connectivity index (χ3n) is 7.44. The van der Waals surface area contributed by atoms with Gasteiger partial charge in [-0.15, -0.1) is 0 Å². The van der Waals surface area contributed by atoms with Gasteiger partial charge in [0.1, 0.15) is 35.7 Å². The second-order valence-electron chi connectivity index (χ2n) is 10.2. The van der Waals surface area contributed by atoms with Crippen LogP contribution in [0.5, 0.6) is 23.0 Å². The molecule has 1 fully saturated rings. The normalized spacial score (nSPS) is 20.2. The summed E-state index contributed by atoms with van der Waals surface area (Å²) in [4.78, 5) is 2.48. The van der Waals surface area contributed by atoms with Crippen molar-refractivity contribution in [3.8, 4) is 29.1 Å². The Kier molecular flexibility index (Phi) is 6.82. The molecule has 0 radical (unpaired) electrons. The molecule has 2 heterocycles. The van der Waals surface area contributed by atoms with E-state index >= 15 is 0 Å². The van der Waals surface area contributed by atoms with E-state index in [0.29, 0.717) is 29.5 Å². The van der Waals surface area contributed by atoms with Gasteiger partial charge < -0.3 is 19.7 Å². The Labute approximate surface area is 218 Å². The Morgan fingerprint density at radius 3 is 2.43 bits per heavy atom. The lowest BCUT2D eigenvalue weighted by molar-refractivity contribution is 0.169. The minimum absolute atomic E-state index is 0.0695. The molecule has 190 valence electrons. The van der Waals surface area contributed by atoms with E-state index in [1.54, 1.807) is 30.3 Å². The highest BCUT2D eigenvalue weighted by atomic mass is 16.5. The van der Waals surface area contributed by atoms with Gasteiger partial charge in [-0.3, -0.25) is 4.90 Å². The predicted octanol–water partition coefficient (Wildman–Crippen LogP) is 6.14. The molecule has 6 heteroatoms. The molecule has 0 aliphatic carbocycles. The van der Waals surface area contributed by atoms with Crippen LogP contribution in [0.4, 0.5) is 0 Å². The number of hydrogen-bond donors (Lipinski definition) is 2. The number of phenols is 2. The molecule has 37 heavy (non-hydrogen) atoms. The van der Waals surface area contributed by atoms with Crippen molar-refractivity contribution in [1.29, 1.82) is 5.26 Å². The highest BCUT2D eigenvalue weighted by molar-refractivity contribution is 5.97. The van der Waals surface area contributed by atoms with Crippen molar-refractivity contribution < 1.29 is 19.7 Å². The quantitative estimate of drug-likeness (QED) is 0.426. The Morgan fingerprint density at radius 1 is 1.05 bits per heavy atom. The summed E-state index contributed by atoms with van der Waals surface area (Å²) in [6.45, 7) is 9.32. The Hall–Kier alpha value is -3.95. The smallest absolute Gasteiger partial charge is 0.150 e. The first-order chi connectivity index (χ1) is 17.8. The summed E-state index contributed by atoms with van der Waals surface area (Å²) in [6, 6.07) is 20.2. The largest absolute Gasteiger partial charge is 0.508 e. The molecule has 0 aromatic heterocycles. The van der Waals surface area contributed by atoms with E-state index in [-0.39, 0.29) is 11.5 Å². The number of nitriles is 1. The van der Waals surface area contributed by atoms with E-state index in [1.807, 2.05) is 31.2 Å². The van der Waals surface area contributed by atoms with Crippen LogP contribution in [0.1, 0.15) is 55.5 Å². The van der Waals surface area contributed by atoms with Crippen molar-refractivity contribution in [3.05, 3.63) is 82.9 Å². The molecule has 2 N–H and O–H groups in total. The van der Waals surface area contributed by atoms with Gasteiger partial charge in [-0.2, -0.15) is 5.26 Å². The second-order valence-corrected chi connectivity index (χ2v) is 10.2. The van der Waals surface area contributed by atoms with Gasteiger partial charge >= 0.3 is 0 Å². The molecular weight excluding hydrogens is 464 g/mol. The minimum atomic E-state index is -0.509. The van der Waals surface area contributed by atoms with Crippen molar-refractivity contribution in [3.63, 3.8) is 0 Å². The van der Waals surface area contributed by atoms with E-state index in [9.17, 15) is 15.5 Å². The van der Waals surface area contributed by atoms with Gasteiger partial charge in [0.25, 0.3) is 0 Å². The third-order valence-corrected chi connectivity index (χ3v) is 7.44. The third kappa shape index (κ3) is 5.00. The van der Waals surface area contributed by atoms with Crippen LogP contribution in [0.2, 0.25) is 0 Å². The van der Waals surface area contributed by atoms with Crippen LogP contribution in [0.15, 0.2) is 60.7 Å². The van der Waals surface area contributed by atoms with Gasteiger partial charge in [-0.05, 0) is 92.4 Å². The van der Waals surface area contributed by atoms with Gasteiger partial charge in [0.15, 0.2) is 0 Å². The van der Waals surface area contributed by atoms with Crippen molar-refractivity contribution in [1.82, 2.24) is 4.90 Å². The molecule has 5 rings (SSSR count). The topological polar surface area (TPSA) is 86.0 Å². The van der Waals surface area contributed by atoms with E-state index in [1.165, 1.54) is 12.5 Å². The Morgan fingerprint density at radius 2 is 1.76 bits per heavy atom. The second kappa shape index (κ2) is 10.2. The number of ether oxygens (including phenoxy) is 2. The Bertz CT molecular complexity index is 1370. The molecule has 1 saturated heterocycles. The number of aromatic hydroxyl groups is 2. The first-order valence-electron chi connectivity index (χ1n) is 12.7. The summed E-state index contributed by atoms with van der Waals surface area (Å²) < 4.78 is 12.6. The van der Waals surface area contributed by atoms with Crippen LogP contribution in [0, 0.1) is 17.2 Å². The summed E-state index contributed by atoms with van der Waals surface area (Å²) in [5, 5.41) is 30.2. The zero-order chi connectivity index (χ0) is 26.1.